The summed E-state index contributed by atoms with van der Waals surface area (Å²) in [5, 5.41) is 0. The zero-order chi connectivity index (χ0) is 10.7. The van der Waals surface area contributed by atoms with Crippen molar-refractivity contribution >= 4 is 33.8 Å². The molecule has 0 saturated heterocycles. The summed E-state index contributed by atoms with van der Waals surface area (Å²) in [6.45, 7) is 0. The normalized spacial score (nSPS) is 10.6. The Kier molecular flexibility index (Phi) is 3.95. The lowest BCUT2D eigenvalue weighted by molar-refractivity contribution is 0.111. The minimum absolute atomic E-state index is 0.0407. The first kappa shape index (κ1) is 11.5. The van der Waals surface area contributed by atoms with Crippen molar-refractivity contribution in [3.05, 3.63) is 27.5 Å². The monoisotopic (exact) mass is 283 g/mol. The van der Waals surface area contributed by atoms with Gasteiger partial charge in [-0.05, 0) is 22.0 Å². The number of halogens is 4. The van der Waals surface area contributed by atoms with Gasteiger partial charge in [0, 0.05) is 11.1 Å². The van der Waals surface area contributed by atoms with Crippen molar-refractivity contribution in [2.45, 2.75) is 12.3 Å². The number of carbonyl (C=O) groups is 1. The van der Waals surface area contributed by atoms with Gasteiger partial charge in [-0.3, -0.25) is 4.79 Å². The van der Waals surface area contributed by atoms with E-state index in [1.807, 2.05) is 0 Å². The van der Waals surface area contributed by atoms with Gasteiger partial charge < -0.3 is 0 Å². The molecule has 0 spiro atoms. The van der Waals surface area contributed by atoms with Crippen LogP contribution in [0.1, 0.15) is 28.0 Å². The predicted octanol–water partition coefficient (Wildman–Crippen LogP) is 3.33. The fraction of sp³-hybridized carbons (Fsp3) is 0.250. The van der Waals surface area contributed by atoms with Gasteiger partial charge in [-0.25, -0.2) is 13.8 Å². The Morgan fingerprint density at radius 1 is 1.64 bits per heavy atom. The molecule has 14 heavy (non-hydrogen) atoms. The van der Waals surface area contributed by atoms with Crippen LogP contribution in [0.3, 0.4) is 0 Å². The molecule has 0 radical (unpaired) electrons. The summed E-state index contributed by atoms with van der Waals surface area (Å²) >= 11 is 8.46. The SMILES string of the molecule is O=Cc1cc(C(F)F)c(CCl)c(Br)n1. The van der Waals surface area contributed by atoms with Gasteiger partial charge in [0.05, 0.1) is 5.88 Å². The van der Waals surface area contributed by atoms with Crippen LogP contribution in [0.2, 0.25) is 0 Å². The van der Waals surface area contributed by atoms with Gasteiger partial charge in [0.15, 0.2) is 6.29 Å². The van der Waals surface area contributed by atoms with E-state index in [2.05, 4.69) is 20.9 Å². The number of aromatic nitrogens is 1. The van der Waals surface area contributed by atoms with E-state index in [1.165, 1.54) is 0 Å². The van der Waals surface area contributed by atoms with E-state index < -0.39 is 6.43 Å². The molecule has 76 valence electrons. The first-order valence-electron chi connectivity index (χ1n) is 3.58. The molecule has 0 atom stereocenters. The van der Waals surface area contributed by atoms with Crippen molar-refractivity contribution in [3.8, 4) is 0 Å². The van der Waals surface area contributed by atoms with Crippen LogP contribution in [-0.2, 0) is 5.88 Å². The molecule has 0 N–H and O–H groups in total. The summed E-state index contributed by atoms with van der Waals surface area (Å²) in [7, 11) is 0. The highest BCUT2D eigenvalue weighted by Crippen LogP contribution is 2.29. The molecule has 0 unspecified atom stereocenters. The Labute approximate surface area is 92.4 Å². The molecule has 0 fully saturated rings. The van der Waals surface area contributed by atoms with Gasteiger partial charge in [0.25, 0.3) is 6.43 Å². The summed E-state index contributed by atoms with van der Waals surface area (Å²) in [5.41, 5.74) is -0.0858. The minimum Gasteiger partial charge on any atom is -0.296 e. The van der Waals surface area contributed by atoms with Crippen molar-refractivity contribution in [1.29, 1.82) is 0 Å². The van der Waals surface area contributed by atoms with E-state index in [1.54, 1.807) is 0 Å². The summed E-state index contributed by atoms with van der Waals surface area (Å²) in [6.07, 6.45) is -2.25. The summed E-state index contributed by atoms with van der Waals surface area (Å²) in [5.74, 6) is -0.0770. The van der Waals surface area contributed by atoms with E-state index in [0.29, 0.717) is 6.29 Å². The average molecular weight is 284 g/mol. The Balaban J connectivity index is 3.35. The molecular weight excluding hydrogens is 279 g/mol. The molecule has 1 heterocycles. The molecular formula is C8H5BrClF2NO. The second-order valence-electron chi connectivity index (χ2n) is 2.46. The molecule has 2 nitrogen and oxygen atoms in total. The molecule has 1 aromatic heterocycles. The van der Waals surface area contributed by atoms with Gasteiger partial charge >= 0.3 is 0 Å². The van der Waals surface area contributed by atoms with Gasteiger partial charge in [0.2, 0.25) is 0 Å². The molecule has 0 aromatic carbocycles. The Morgan fingerprint density at radius 3 is 2.71 bits per heavy atom. The van der Waals surface area contributed by atoms with E-state index in [-0.39, 0.29) is 27.3 Å². The second kappa shape index (κ2) is 4.79. The number of hydrogen-bond donors (Lipinski definition) is 0. The van der Waals surface area contributed by atoms with Crippen LogP contribution in [0.15, 0.2) is 10.7 Å². The van der Waals surface area contributed by atoms with Gasteiger partial charge in [-0.2, -0.15) is 0 Å². The number of hydrogen-bond acceptors (Lipinski definition) is 2. The van der Waals surface area contributed by atoms with Crippen LogP contribution >= 0.6 is 27.5 Å². The zero-order valence-corrected chi connectivity index (χ0v) is 9.15. The van der Waals surface area contributed by atoms with Crippen molar-refractivity contribution in [3.63, 3.8) is 0 Å². The minimum atomic E-state index is -2.67. The molecule has 0 aliphatic carbocycles. The molecule has 0 amide bonds. The summed E-state index contributed by atoms with van der Waals surface area (Å²) < 4.78 is 25.2. The highest BCUT2D eigenvalue weighted by atomic mass is 79.9. The van der Waals surface area contributed by atoms with Gasteiger partial charge in [-0.15, -0.1) is 11.6 Å². The summed E-state index contributed by atoms with van der Waals surface area (Å²) in [6, 6.07) is 1.04. The van der Waals surface area contributed by atoms with E-state index in [9.17, 15) is 13.6 Å². The van der Waals surface area contributed by atoms with Crippen molar-refractivity contribution < 1.29 is 13.6 Å². The van der Waals surface area contributed by atoms with Crippen LogP contribution in [0.25, 0.3) is 0 Å². The van der Waals surface area contributed by atoms with E-state index in [0.717, 1.165) is 6.07 Å². The lowest BCUT2D eigenvalue weighted by atomic mass is 10.1. The molecule has 0 aliphatic rings. The van der Waals surface area contributed by atoms with Crippen LogP contribution in [-0.4, -0.2) is 11.3 Å². The fourth-order valence-electron chi connectivity index (χ4n) is 0.966. The second-order valence-corrected chi connectivity index (χ2v) is 3.48. The number of aldehydes is 1. The Morgan fingerprint density at radius 2 is 2.29 bits per heavy atom. The number of alkyl halides is 3. The lowest BCUT2D eigenvalue weighted by Crippen LogP contribution is -2.00. The molecule has 0 saturated carbocycles. The van der Waals surface area contributed by atoms with Crippen molar-refractivity contribution in [2.24, 2.45) is 0 Å². The highest BCUT2D eigenvalue weighted by Gasteiger charge is 2.17. The van der Waals surface area contributed by atoms with Gasteiger partial charge in [0.1, 0.15) is 10.3 Å². The standard InChI is InChI=1S/C8H5BrClF2NO/c9-7-6(2-10)5(8(11)12)1-4(3-14)13-7/h1,3,8H,2H2. The van der Waals surface area contributed by atoms with Crippen LogP contribution in [0.5, 0.6) is 0 Å². The van der Waals surface area contributed by atoms with Crippen molar-refractivity contribution in [2.75, 3.05) is 0 Å². The lowest BCUT2D eigenvalue weighted by Gasteiger charge is -2.08. The third-order valence-corrected chi connectivity index (χ3v) is 2.54. The van der Waals surface area contributed by atoms with Crippen LogP contribution in [0.4, 0.5) is 8.78 Å². The number of carbonyl (C=O) groups excluding carboxylic acids is 1. The Bertz CT molecular complexity index is 359. The van der Waals surface area contributed by atoms with Crippen LogP contribution < -0.4 is 0 Å². The highest BCUT2D eigenvalue weighted by molar-refractivity contribution is 9.10. The molecule has 6 heteroatoms. The van der Waals surface area contributed by atoms with Gasteiger partial charge in [-0.1, -0.05) is 0 Å². The molecule has 0 aliphatic heterocycles. The third-order valence-electron chi connectivity index (χ3n) is 1.62. The fourth-order valence-corrected chi connectivity index (χ4v) is 1.98. The van der Waals surface area contributed by atoms with Crippen LogP contribution in [0, 0.1) is 0 Å². The quantitative estimate of drug-likeness (QED) is 0.484. The maximum absolute atomic E-state index is 12.5. The third kappa shape index (κ3) is 2.27. The maximum Gasteiger partial charge on any atom is 0.264 e. The Hall–Kier alpha value is -0.550. The number of nitrogens with zero attached hydrogens (tertiary/aromatic N) is 1. The maximum atomic E-state index is 12.5. The van der Waals surface area contributed by atoms with Crippen molar-refractivity contribution in [1.82, 2.24) is 4.98 Å². The first-order valence-corrected chi connectivity index (χ1v) is 4.91. The molecule has 1 rings (SSSR count). The molecule has 0 bridgehead atoms. The van der Waals surface area contributed by atoms with E-state index >= 15 is 0 Å². The largest absolute Gasteiger partial charge is 0.296 e. The number of rotatable bonds is 3. The smallest absolute Gasteiger partial charge is 0.264 e. The average Bonchev–Trinajstić information content (AvgIpc) is 2.16. The topological polar surface area (TPSA) is 30.0 Å². The zero-order valence-electron chi connectivity index (χ0n) is 6.81. The first-order chi connectivity index (χ1) is 6.60. The summed E-state index contributed by atoms with van der Waals surface area (Å²) in [4.78, 5) is 14.1. The van der Waals surface area contributed by atoms with E-state index in [4.69, 9.17) is 11.6 Å². The molecule has 1 aromatic rings. The number of pyridine rings is 1. The predicted molar refractivity (Wildman–Crippen MR) is 51.8 cm³/mol.